The Labute approximate surface area is 115 Å². The van der Waals surface area contributed by atoms with E-state index in [1.807, 2.05) is 0 Å². The van der Waals surface area contributed by atoms with E-state index in [1.165, 1.54) is 0 Å². The highest BCUT2D eigenvalue weighted by Crippen LogP contribution is 2.25. The van der Waals surface area contributed by atoms with Crippen molar-refractivity contribution in [1.29, 1.82) is 0 Å². The van der Waals surface area contributed by atoms with Crippen LogP contribution in [0, 0.1) is 11.8 Å². The summed E-state index contributed by atoms with van der Waals surface area (Å²) in [5.41, 5.74) is 0.748. The van der Waals surface area contributed by atoms with Gasteiger partial charge >= 0.3 is 0 Å². The van der Waals surface area contributed by atoms with Crippen molar-refractivity contribution >= 4 is 17.4 Å². The first-order valence-corrected chi connectivity index (χ1v) is 6.82. The average molecular weight is 271 g/mol. The summed E-state index contributed by atoms with van der Waals surface area (Å²) in [6.45, 7) is 10.6. The molecular weight excluding hydrogens is 248 g/mol. The maximum atomic E-state index is 9.07. The summed E-state index contributed by atoms with van der Waals surface area (Å²) in [4.78, 5) is 6.61. The van der Waals surface area contributed by atoms with Crippen LogP contribution in [-0.2, 0) is 6.61 Å². The van der Waals surface area contributed by atoms with E-state index >= 15 is 0 Å². The molecule has 0 aliphatic heterocycles. The number of pyridine rings is 1. The molecule has 0 amide bonds. The third-order valence-corrected chi connectivity index (χ3v) is 2.81. The van der Waals surface area contributed by atoms with Gasteiger partial charge in [-0.2, -0.15) is 0 Å². The first-order valence-electron chi connectivity index (χ1n) is 6.44. The molecule has 18 heavy (non-hydrogen) atoms. The summed E-state index contributed by atoms with van der Waals surface area (Å²) in [5.74, 6) is 1.93. The summed E-state index contributed by atoms with van der Waals surface area (Å²) in [6.07, 6.45) is 1.69. The summed E-state index contributed by atoms with van der Waals surface area (Å²) in [6, 6.07) is 1.79. The zero-order valence-corrected chi connectivity index (χ0v) is 12.4. The molecule has 0 unspecified atom stereocenters. The van der Waals surface area contributed by atoms with Gasteiger partial charge in [0.25, 0.3) is 0 Å². The smallest absolute Gasteiger partial charge is 0.147 e. The Morgan fingerprint density at radius 3 is 2.17 bits per heavy atom. The lowest BCUT2D eigenvalue weighted by atomic mass is 10.1. The van der Waals surface area contributed by atoms with E-state index < -0.39 is 0 Å². The summed E-state index contributed by atoms with van der Waals surface area (Å²) >= 11 is 6.25. The third kappa shape index (κ3) is 4.46. The number of nitrogens with zero attached hydrogens (tertiary/aromatic N) is 2. The largest absolute Gasteiger partial charge is 0.392 e. The normalized spacial score (nSPS) is 11.3. The molecular formula is C14H23ClN2O. The molecule has 0 aromatic carbocycles. The van der Waals surface area contributed by atoms with Crippen LogP contribution < -0.4 is 4.90 Å². The van der Waals surface area contributed by atoms with Crippen LogP contribution in [0.15, 0.2) is 12.3 Å². The molecule has 0 aliphatic rings. The van der Waals surface area contributed by atoms with Crippen molar-refractivity contribution in [3.05, 3.63) is 22.8 Å². The standard InChI is InChI=1S/C14H23ClN2O/c1-10(2)7-17(8-11(3)4)14-13(15)5-12(9-18)6-16-14/h5-6,10-11,18H,7-9H2,1-4H3. The monoisotopic (exact) mass is 270 g/mol. The van der Waals surface area contributed by atoms with Gasteiger partial charge in [-0.25, -0.2) is 4.98 Å². The van der Waals surface area contributed by atoms with Crippen LogP contribution in [0.4, 0.5) is 5.82 Å². The molecule has 1 aromatic rings. The molecule has 3 nitrogen and oxygen atoms in total. The van der Waals surface area contributed by atoms with Crippen LogP contribution in [0.25, 0.3) is 0 Å². The fourth-order valence-corrected chi connectivity index (χ4v) is 2.23. The minimum Gasteiger partial charge on any atom is -0.392 e. The van der Waals surface area contributed by atoms with Crippen LogP contribution in [0.2, 0.25) is 5.02 Å². The van der Waals surface area contributed by atoms with Gasteiger partial charge in [-0.1, -0.05) is 39.3 Å². The van der Waals surface area contributed by atoms with Crippen LogP contribution in [0.5, 0.6) is 0 Å². The van der Waals surface area contributed by atoms with Gasteiger partial charge in [-0.15, -0.1) is 0 Å². The van der Waals surface area contributed by atoms with E-state index in [2.05, 4.69) is 37.6 Å². The number of hydrogen-bond donors (Lipinski definition) is 1. The third-order valence-electron chi connectivity index (χ3n) is 2.53. The first-order chi connectivity index (χ1) is 8.43. The van der Waals surface area contributed by atoms with Crippen molar-refractivity contribution in [3.8, 4) is 0 Å². The van der Waals surface area contributed by atoms with E-state index in [4.69, 9.17) is 16.7 Å². The lowest BCUT2D eigenvalue weighted by Crippen LogP contribution is -2.32. The molecule has 1 rings (SSSR count). The van der Waals surface area contributed by atoms with E-state index in [-0.39, 0.29) is 6.61 Å². The van der Waals surface area contributed by atoms with Crippen molar-refractivity contribution < 1.29 is 5.11 Å². The predicted octanol–water partition coefficient (Wildman–Crippen LogP) is 3.35. The average Bonchev–Trinajstić information content (AvgIpc) is 2.26. The molecule has 0 saturated heterocycles. The summed E-state index contributed by atoms with van der Waals surface area (Å²) in [7, 11) is 0. The van der Waals surface area contributed by atoms with Gasteiger partial charge < -0.3 is 10.0 Å². The summed E-state index contributed by atoms with van der Waals surface area (Å²) < 4.78 is 0. The van der Waals surface area contributed by atoms with Crippen LogP contribution in [-0.4, -0.2) is 23.2 Å². The van der Waals surface area contributed by atoms with Gasteiger partial charge in [0.15, 0.2) is 0 Å². The van der Waals surface area contributed by atoms with Crippen molar-refractivity contribution in [2.24, 2.45) is 11.8 Å². The Bertz CT molecular complexity index is 370. The Morgan fingerprint density at radius 2 is 1.78 bits per heavy atom. The SMILES string of the molecule is CC(C)CN(CC(C)C)c1ncc(CO)cc1Cl. The lowest BCUT2D eigenvalue weighted by Gasteiger charge is -2.28. The molecule has 4 heteroatoms. The fraction of sp³-hybridized carbons (Fsp3) is 0.643. The highest BCUT2D eigenvalue weighted by atomic mass is 35.5. The second-order valence-electron chi connectivity index (χ2n) is 5.50. The van der Waals surface area contributed by atoms with E-state index in [0.717, 1.165) is 24.5 Å². The topological polar surface area (TPSA) is 36.4 Å². The maximum Gasteiger partial charge on any atom is 0.147 e. The van der Waals surface area contributed by atoms with Gasteiger partial charge in [0.05, 0.1) is 11.6 Å². The number of anilines is 1. The number of halogens is 1. The minimum atomic E-state index is -0.0264. The molecule has 0 radical (unpaired) electrons. The molecule has 0 spiro atoms. The minimum absolute atomic E-state index is 0.0264. The van der Waals surface area contributed by atoms with Gasteiger partial charge in [0, 0.05) is 19.3 Å². The highest BCUT2D eigenvalue weighted by molar-refractivity contribution is 6.33. The number of hydrogen-bond acceptors (Lipinski definition) is 3. The Balaban J connectivity index is 2.96. The van der Waals surface area contributed by atoms with Crippen molar-refractivity contribution in [2.45, 2.75) is 34.3 Å². The van der Waals surface area contributed by atoms with Crippen LogP contribution >= 0.6 is 11.6 Å². The molecule has 0 aliphatic carbocycles. The first kappa shape index (κ1) is 15.3. The van der Waals surface area contributed by atoms with Crippen molar-refractivity contribution in [3.63, 3.8) is 0 Å². The van der Waals surface area contributed by atoms with Gasteiger partial charge in [0.1, 0.15) is 5.82 Å². The Kier molecular flexibility index (Phi) is 5.89. The number of aliphatic hydroxyl groups excluding tert-OH is 1. The quantitative estimate of drug-likeness (QED) is 0.861. The highest BCUT2D eigenvalue weighted by Gasteiger charge is 2.15. The number of aromatic nitrogens is 1. The van der Waals surface area contributed by atoms with Crippen molar-refractivity contribution in [2.75, 3.05) is 18.0 Å². The zero-order valence-electron chi connectivity index (χ0n) is 11.7. The molecule has 1 N–H and O–H groups in total. The molecule has 1 aromatic heterocycles. The fourth-order valence-electron chi connectivity index (χ4n) is 1.92. The van der Waals surface area contributed by atoms with Crippen LogP contribution in [0.3, 0.4) is 0 Å². The van der Waals surface area contributed by atoms with Crippen molar-refractivity contribution in [1.82, 2.24) is 4.98 Å². The van der Waals surface area contributed by atoms with Crippen LogP contribution in [0.1, 0.15) is 33.3 Å². The van der Waals surface area contributed by atoms with E-state index in [1.54, 1.807) is 12.3 Å². The number of aliphatic hydroxyl groups is 1. The van der Waals surface area contributed by atoms with Gasteiger partial charge in [-0.05, 0) is 23.5 Å². The zero-order chi connectivity index (χ0) is 13.7. The maximum absolute atomic E-state index is 9.07. The van der Waals surface area contributed by atoms with Gasteiger partial charge in [-0.3, -0.25) is 0 Å². The molecule has 102 valence electrons. The Morgan fingerprint density at radius 1 is 1.22 bits per heavy atom. The lowest BCUT2D eigenvalue weighted by molar-refractivity contribution is 0.281. The molecule has 0 fully saturated rings. The molecule has 0 saturated carbocycles. The second kappa shape index (κ2) is 6.95. The Hall–Kier alpha value is -0.800. The molecule has 0 bridgehead atoms. The number of rotatable bonds is 6. The summed E-state index contributed by atoms with van der Waals surface area (Å²) in [5, 5.41) is 9.68. The second-order valence-corrected chi connectivity index (χ2v) is 5.91. The molecule has 1 heterocycles. The predicted molar refractivity (Wildman–Crippen MR) is 77.1 cm³/mol. The van der Waals surface area contributed by atoms with Gasteiger partial charge in [0.2, 0.25) is 0 Å². The molecule has 0 atom stereocenters. The van der Waals surface area contributed by atoms with E-state index in [0.29, 0.717) is 16.9 Å². The van der Waals surface area contributed by atoms with E-state index in [9.17, 15) is 0 Å².